The summed E-state index contributed by atoms with van der Waals surface area (Å²) < 4.78 is 4.71. The van der Waals surface area contributed by atoms with E-state index < -0.39 is 0 Å². The van der Waals surface area contributed by atoms with Crippen LogP contribution in [0.15, 0.2) is 59.5 Å². The summed E-state index contributed by atoms with van der Waals surface area (Å²) in [5.74, 6) is 0.0420. The van der Waals surface area contributed by atoms with Crippen LogP contribution in [0.1, 0.15) is 15.9 Å². The van der Waals surface area contributed by atoms with E-state index in [1.54, 1.807) is 0 Å². The van der Waals surface area contributed by atoms with Crippen LogP contribution in [0.25, 0.3) is 21.9 Å². The summed E-state index contributed by atoms with van der Waals surface area (Å²) in [7, 11) is 1.39. The normalized spacial score (nSPS) is 12.1. The van der Waals surface area contributed by atoms with Gasteiger partial charge in [0.05, 0.1) is 12.9 Å². The van der Waals surface area contributed by atoms with E-state index in [1.165, 1.54) is 18.9 Å². The van der Waals surface area contributed by atoms with Gasteiger partial charge < -0.3 is 4.74 Å². The van der Waals surface area contributed by atoms with Gasteiger partial charge in [0.1, 0.15) is 0 Å². The van der Waals surface area contributed by atoms with Crippen LogP contribution in [0.5, 0.6) is 0 Å². The van der Waals surface area contributed by atoms with E-state index in [1.807, 2.05) is 54.6 Å². The van der Waals surface area contributed by atoms with Crippen LogP contribution in [-0.4, -0.2) is 24.6 Å². The molecule has 3 nitrogen and oxygen atoms in total. The number of rotatable bonds is 3. The molecule has 0 N–H and O–H groups in total. The minimum absolute atomic E-state index is 0.0545. The molecule has 3 aromatic rings. The first-order valence-corrected chi connectivity index (χ1v) is 8.58. The number of ether oxygens (including phenoxy) is 1. The van der Waals surface area contributed by atoms with Crippen LogP contribution in [0.2, 0.25) is 0 Å². The summed E-state index contributed by atoms with van der Waals surface area (Å²) in [4.78, 5) is 25.3. The second-order valence-electron chi connectivity index (χ2n) is 5.58. The zero-order valence-corrected chi connectivity index (χ0v) is 13.9. The molecule has 4 rings (SSSR count). The number of carbonyl (C=O) groups is 2. The van der Waals surface area contributed by atoms with E-state index in [0.29, 0.717) is 0 Å². The lowest BCUT2D eigenvalue weighted by molar-refractivity contribution is -0.137. The lowest BCUT2D eigenvalue weighted by Gasteiger charge is -2.21. The van der Waals surface area contributed by atoms with Crippen molar-refractivity contribution in [2.75, 3.05) is 12.9 Å². The molecule has 0 atom stereocenters. The van der Waals surface area contributed by atoms with Crippen LogP contribution in [0.3, 0.4) is 0 Å². The van der Waals surface area contributed by atoms with Crippen molar-refractivity contribution in [3.63, 3.8) is 0 Å². The molecule has 0 spiro atoms. The molecule has 0 unspecified atom stereocenters. The molecule has 0 radical (unpaired) electrons. The lowest BCUT2D eigenvalue weighted by Crippen LogP contribution is -2.10. The molecule has 0 aliphatic heterocycles. The fraction of sp³-hybridized carbons (Fsp3) is 0.100. The van der Waals surface area contributed by atoms with Crippen LogP contribution >= 0.6 is 11.8 Å². The number of fused-ring (bicyclic) bond motifs is 2. The maximum Gasteiger partial charge on any atom is 0.315 e. The van der Waals surface area contributed by atoms with Gasteiger partial charge in [0.25, 0.3) is 0 Å². The van der Waals surface area contributed by atoms with Crippen molar-refractivity contribution in [1.29, 1.82) is 0 Å². The number of ketones is 1. The Hall–Kier alpha value is -2.59. The van der Waals surface area contributed by atoms with Gasteiger partial charge in [0.2, 0.25) is 0 Å². The fourth-order valence-corrected chi connectivity index (χ4v) is 4.06. The third-order valence-electron chi connectivity index (χ3n) is 4.28. The van der Waals surface area contributed by atoms with E-state index in [2.05, 4.69) is 0 Å². The van der Waals surface area contributed by atoms with Gasteiger partial charge in [-0.05, 0) is 22.6 Å². The van der Waals surface area contributed by atoms with Crippen LogP contribution < -0.4 is 0 Å². The number of esters is 1. The molecule has 0 aromatic heterocycles. The Morgan fingerprint density at radius 2 is 1.67 bits per heavy atom. The van der Waals surface area contributed by atoms with Crippen LogP contribution in [0.4, 0.5) is 0 Å². The molecule has 0 bridgehead atoms. The number of thioether (sulfide) groups is 1. The van der Waals surface area contributed by atoms with E-state index in [9.17, 15) is 9.59 Å². The smallest absolute Gasteiger partial charge is 0.315 e. The highest BCUT2D eigenvalue weighted by molar-refractivity contribution is 8.00. The zero-order valence-electron chi connectivity index (χ0n) is 13.0. The number of hydrogen-bond acceptors (Lipinski definition) is 4. The second kappa shape index (κ2) is 5.80. The number of carbonyl (C=O) groups excluding carboxylic acids is 2. The van der Waals surface area contributed by atoms with Crippen LogP contribution in [-0.2, 0) is 9.53 Å². The van der Waals surface area contributed by atoms with Crippen molar-refractivity contribution in [3.8, 4) is 11.1 Å². The van der Waals surface area contributed by atoms with E-state index in [-0.39, 0.29) is 17.5 Å². The van der Waals surface area contributed by atoms with Gasteiger partial charge in [-0.15, -0.1) is 11.8 Å². The van der Waals surface area contributed by atoms with Gasteiger partial charge in [0.15, 0.2) is 5.78 Å². The molecule has 1 aliphatic rings. The Morgan fingerprint density at radius 3 is 2.46 bits per heavy atom. The Bertz CT molecular complexity index is 991. The SMILES string of the molecule is COC(=O)CSc1ccc2c3c(cccc13)C(=O)c1ccccc1-2. The van der Waals surface area contributed by atoms with Crippen molar-refractivity contribution < 1.29 is 14.3 Å². The molecular weight excluding hydrogens is 320 g/mol. The van der Waals surface area contributed by atoms with Crippen LogP contribution in [0, 0.1) is 0 Å². The maximum absolute atomic E-state index is 12.8. The third kappa shape index (κ3) is 2.22. The van der Waals surface area contributed by atoms with Crippen molar-refractivity contribution in [3.05, 3.63) is 65.7 Å². The first-order valence-electron chi connectivity index (χ1n) is 7.60. The highest BCUT2D eigenvalue weighted by Crippen LogP contribution is 2.42. The standard InChI is InChI=1S/C20H14O3S/c1-23-18(21)11-24-17-10-9-13-12-5-2-3-6-14(12)20(22)16-8-4-7-15(17)19(13)16/h2-10H,11H2,1H3. The first kappa shape index (κ1) is 15.0. The molecule has 0 saturated carbocycles. The topological polar surface area (TPSA) is 43.4 Å². The summed E-state index contributed by atoms with van der Waals surface area (Å²) in [5.41, 5.74) is 3.50. The molecular formula is C20H14O3S. The number of hydrogen-bond donors (Lipinski definition) is 0. The van der Waals surface area contributed by atoms with Gasteiger partial charge in [0, 0.05) is 21.4 Å². The largest absolute Gasteiger partial charge is 0.468 e. The average molecular weight is 334 g/mol. The van der Waals surface area contributed by atoms with Crippen molar-refractivity contribution >= 4 is 34.3 Å². The molecule has 0 fully saturated rings. The Balaban J connectivity index is 1.94. The summed E-state index contributed by atoms with van der Waals surface area (Å²) >= 11 is 1.43. The van der Waals surface area contributed by atoms with Gasteiger partial charge in [-0.3, -0.25) is 9.59 Å². The lowest BCUT2D eigenvalue weighted by atomic mass is 9.83. The molecule has 0 heterocycles. The quantitative estimate of drug-likeness (QED) is 0.413. The third-order valence-corrected chi connectivity index (χ3v) is 5.33. The Kier molecular flexibility index (Phi) is 3.62. The number of methoxy groups -OCH3 is 1. The van der Waals surface area contributed by atoms with Gasteiger partial charge in [-0.2, -0.15) is 0 Å². The average Bonchev–Trinajstić information content (AvgIpc) is 2.64. The Morgan fingerprint density at radius 1 is 0.917 bits per heavy atom. The first-order chi connectivity index (χ1) is 11.7. The van der Waals surface area contributed by atoms with Crippen molar-refractivity contribution in [1.82, 2.24) is 0 Å². The molecule has 3 aromatic carbocycles. The molecule has 118 valence electrons. The maximum atomic E-state index is 12.8. The summed E-state index contributed by atoms with van der Waals surface area (Å²) in [6, 6.07) is 17.5. The number of benzene rings is 3. The van der Waals surface area contributed by atoms with E-state index in [0.717, 1.165) is 37.9 Å². The summed E-state index contributed by atoms with van der Waals surface area (Å²) in [6.07, 6.45) is 0. The Labute approximate surface area is 143 Å². The molecule has 4 heteroatoms. The minimum atomic E-state index is -0.262. The van der Waals surface area contributed by atoms with Gasteiger partial charge >= 0.3 is 5.97 Å². The zero-order chi connectivity index (χ0) is 16.7. The molecule has 1 aliphatic carbocycles. The molecule has 0 saturated heterocycles. The highest BCUT2D eigenvalue weighted by atomic mass is 32.2. The minimum Gasteiger partial charge on any atom is -0.468 e. The van der Waals surface area contributed by atoms with E-state index in [4.69, 9.17) is 4.74 Å². The fourth-order valence-electron chi connectivity index (χ4n) is 3.18. The molecule has 24 heavy (non-hydrogen) atoms. The van der Waals surface area contributed by atoms with Crippen molar-refractivity contribution in [2.45, 2.75) is 4.90 Å². The van der Waals surface area contributed by atoms with E-state index >= 15 is 0 Å². The second-order valence-corrected chi connectivity index (χ2v) is 6.60. The predicted octanol–water partition coefficient (Wildman–Crippen LogP) is 4.32. The monoisotopic (exact) mass is 334 g/mol. The van der Waals surface area contributed by atoms with Gasteiger partial charge in [-0.1, -0.05) is 48.5 Å². The molecule has 0 amide bonds. The predicted molar refractivity (Wildman–Crippen MR) is 95.6 cm³/mol. The van der Waals surface area contributed by atoms with Gasteiger partial charge in [-0.25, -0.2) is 0 Å². The summed E-state index contributed by atoms with van der Waals surface area (Å²) in [6.45, 7) is 0. The highest BCUT2D eigenvalue weighted by Gasteiger charge is 2.25. The summed E-state index contributed by atoms with van der Waals surface area (Å²) in [5, 5.41) is 1.97. The van der Waals surface area contributed by atoms with Crippen molar-refractivity contribution in [2.24, 2.45) is 0 Å².